The van der Waals surface area contributed by atoms with Crippen LogP contribution in [-0.4, -0.2) is 16.4 Å². The summed E-state index contributed by atoms with van der Waals surface area (Å²) in [5, 5.41) is 3.61. The minimum absolute atomic E-state index is 0.0282. The molecule has 2 rings (SSSR count). The standard InChI is InChI=1S/C7H3ClN2O2S/c8-5-2-1-4(13-5)7-9-6(3-11)12-10-7/h1-3H. The topological polar surface area (TPSA) is 56.0 Å². The largest absolute Gasteiger partial charge is 0.331 e. The molecule has 0 N–H and O–H groups in total. The fourth-order valence-electron chi connectivity index (χ4n) is 0.818. The van der Waals surface area contributed by atoms with Gasteiger partial charge in [0.2, 0.25) is 12.1 Å². The quantitative estimate of drug-likeness (QED) is 0.720. The number of hydrogen-bond donors (Lipinski definition) is 0. The summed E-state index contributed by atoms with van der Waals surface area (Å²) in [6.45, 7) is 0. The fraction of sp³-hybridized carbons (Fsp3) is 0. The molecular weight excluding hydrogens is 212 g/mol. The van der Waals surface area contributed by atoms with E-state index in [1.807, 2.05) is 0 Å². The van der Waals surface area contributed by atoms with Gasteiger partial charge in [-0.15, -0.1) is 11.3 Å². The number of carbonyl (C=O) groups is 1. The van der Waals surface area contributed by atoms with Gasteiger partial charge >= 0.3 is 0 Å². The van der Waals surface area contributed by atoms with Crippen LogP contribution in [0.15, 0.2) is 16.7 Å². The Morgan fingerprint density at radius 2 is 2.38 bits per heavy atom. The van der Waals surface area contributed by atoms with E-state index in [1.165, 1.54) is 11.3 Å². The minimum Gasteiger partial charge on any atom is -0.331 e. The zero-order chi connectivity index (χ0) is 9.26. The molecule has 0 aliphatic carbocycles. The molecule has 2 aromatic heterocycles. The second kappa shape index (κ2) is 3.27. The van der Waals surface area contributed by atoms with Crippen molar-refractivity contribution in [3.05, 3.63) is 22.4 Å². The molecule has 2 heterocycles. The molecule has 0 aliphatic rings. The molecule has 0 fully saturated rings. The van der Waals surface area contributed by atoms with Crippen LogP contribution < -0.4 is 0 Å². The summed E-state index contributed by atoms with van der Waals surface area (Å²) < 4.78 is 5.26. The van der Waals surface area contributed by atoms with Gasteiger partial charge in [-0.2, -0.15) is 4.98 Å². The highest BCUT2D eigenvalue weighted by molar-refractivity contribution is 7.19. The molecule has 0 bridgehead atoms. The maximum Gasteiger partial charge on any atom is 0.291 e. The van der Waals surface area contributed by atoms with Gasteiger partial charge in [0, 0.05) is 0 Å². The van der Waals surface area contributed by atoms with Crippen LogP contribution in [0.4, 0.5) is 0 Å². The zero-order valence-electron chi connectivity index (χ0n) is 6.23. The molecule has 66 valence electrons. The number of rotatable bonds is 2. The number of aromatic nitrogens is 2. The van der Waals surface area contributed by atoms with E-state index < -0.39 is 0 Å². The fourth-order valence-corrected chi connectivity index (χ4v) is 1.79. The van der Waals surface area contributed by atoms with Crippen molar-refractivity contribution < 1.29 is 9.32 Å². The van der Waals surface area contributed by atoms with Crippen molar-refractivity contribution in [1.29, 1.82) is 0 Å². The van der Waals surface area contributed by atoms with Crippen molar-refractivity contribution in [2.45, 2.75) is 0 Å². The third-order valence-electron chi connectivity index (χ3n) is 1.34. The van der Waals surface area contributed by atoms with Gasteiger partial charge in [-0.3, -0.25) is 4.79 Å². The number of thiophene rings is 1. The first-order valence-electron chi connectivity index (χ1n) is 3.34. The predicted octanol–water partition coefficient (Wildman–Crippen LogP) is 2.26. The van der Waals surface area contributed by atoms with E-state index in [1.54, 1.807) is 12.1 Å². The average Bonchev–Trinajstić information content (AvgIpc) is 2.71. The Hall–Kier alpha value is -1.20. The van der Waals surface area contributed by atoms with Gasteiger partial charge in [-0.05, 0) is 12.1 Å². The van der Waals surface area contributed by atoms with Crippen molar-refractivity contribution in [2.24, 2.45) is 0 Å². The summed E-state index contributed by atoms with van der Waals surface area (Å²) >= 11 is 7.04. The number of hydrogen-bond acceptors (Lipinski definition) is 5. The minimum atomic E-state index is -0.0282. The molecule has 2 aromatic rings. The Bertz CT molecular complexity index is 437. The van der Waals surface area contributed by atoms with Crippen LogP contribution >= 0.6 is 22.9 Å². The molecule has 0 radical (unpaired) electrons. The first-order chi connectivity index (χ1) is 6.29. The number of nitrogens with zero attached hydrogens (tertiary/aromatic N) is 2. The maximum absolute atomic E-state index is 10.2. The van der Waals surface area contributed by atoms with Crippen molar-refractivity contribution in [3.8, 4) is 10.7 Å². The normalized spacial score (nSPS) is 10.2. The van der Waals surface area contributed by atoms with Gasteiger partial charge in [0.15, 0.2) is 0 Å². The van der Waals surface area contributed by atoms with Crippen LogP contribution in [0.2, 0.25) is 4.34 Å². The molecule has 4 nitrogen and oxygen atoms in total. The van der Waals surface area contributed by atoms with E-state index in [0.29, 0.717) is 16.4 Å². The first kappa shape index (κ1) is 8.40. The SMILES string of the molecule is O=Cc1nc(-c2ccc(Cl)s2)no1. The molecule has 6 heteroatoms. The highest BCUT2D eigenvalue weighted by Crippen LogP contribution is 2.28. The van der Waals surface area contributed by atoms with Crippen LogP contribution in [0, 0.1) is 0 Å². The van der Waals surface area contributed by atoms with Gasteiger partial charge in [-0.25, -0.2) is 0 Å². The molecule has 0 aromatic carbocycles. The Morgan fingerprint density at radius 1 is 1.54 bits per heavy atom. The smallest absolute Gasteiger partial charge is 0.291 e. The monoisotopic (exact) mass is 214 g/mol. The molecule has 0 aliphatic heterocycles. The molecule has 0 amide bonds. The van der Waals surface area contributed by atoms with E-state index in [2.05, 4.69) is 14.7 Å². The number of carbonyl (C=O) groups excluding carboxylic acids is 1. The Kier molecular flexibility index (Phi) is 2.12. The van der Waals surface area contributed by atoms with E-state index in [0.717, 1.165) is 4.88 Å². The molecule has 13 heavy (non-hydrogen) atoms. The molecular formula is C7H3ClN2O2S. The van der Waals surface area contributed by atoms with Crippen LogP contribution in [0.1, 0.15) is 10.7 Å². The van der Waals surface area contributed by atoms with E-state index in [-0.39, 0.29) is 5.89 Å². The van der Waals surface area contributed by atoms with Crippen molar-refractivity contribution in [1.82, 2.24) is 10.1 Å². The third-order valence-corrected chi connectivity index (χ3v) is 2.56. The Morgan fingerprint density at radius 3 is 2.92 bits per heavy atom. The van der Waals surface area contributed by atoms with E-state index >= 15 is 0 Å². The number of halogens is 1. The van der Waals surface area contributed by atoms with Crippen molar-refractivity contribution >= 4 is 29.2 Å². The van der Waals surface area contributed by atoms with Crippen LogP contribution in [0.25, 0.3) is 10.7 Å². The predicted molar refractivity (Wildman–Crippen MR) is 48.0 cm³/mol. The average molecular weight is 215 g/mol. The second-order valence-corrected chi connectivity index (χ2v) is 3.89. The summed E-state index contributed by atoms with van der Waals surface area (Å²) in [5.41, 5.74) is 0. The second-order valence-electron chi connectivity index (χ2n) is 2.18. The third kappa shape index (κ3) is 1.61. The maximum atomic E-state index is 10.2. The van der Waals surface area contributed by atoms with Crippen molar-refractivity contribution in [3.63, 3.8) is 0 Å². The zero-order valence-corrected chi connectivity index (χ0v) is 7.80. The Balaban J connectivity index is 2.40. The molecule has 0 atom stereocenters. The van der Waals surface area contributed by atoms with Gasteiger partial charge in [0.1, 0.15) is 0 Å². The lowest BCUT2D eigenvalue weighted by atomic mass is 10.4. The lowest BCUT2D eigenvalue weighted by Crippen LogP contribution is -1.77. The lowest BCUT2D eigenvalue weighted by Gasteiger charge is -1.81. The summed E-state index contributed by atoms with van der Waals surface area (Å²) in [4.78, 5) is 14.8. The van der Waals surface area contributed by atoms with Crippen molar-refractivity contribution in [2.75, 3.05) is 0 Å². The molecule has 0 unspecified atom stereocenters. The number of aldehydes is 1. The van der Waals surface area contributed by atoms with Crippen LogP contribution in [0.5, 0.6) is 0 Å². The summed E-state index contributed by atoms with van der Waals surface area (Å²) in [7, 11) is 0. The first-order valence-corrected chi connectivity index (χ1v) is 4.53. The van der Waals surface area contributed by atoms with Crippen LogP contribution in [0.3, 0.4) is 0 Å². The van der Waals surface area contributed by atoms with E-state index in [4.69, 9.17) is 11.6 Å². The summed E-state index contributed by atoms with van der Waals surface area (Å²) in [6.07, 6.45) is 0.506. The van der Waals surface area contributed by atoms with Gasteiger partial charge in [0.05, 0.1) is 9.21 Å². The van der Waals surface area contributed by atoms with Gasteiger partial charge in [-0.1, -0.05) is 16.8 Å². The molecule has 0 saturated heterocycles. The highest BCUT2D eigenvalue weighted by Gasteiger charge is 2.09. The lowest BCUT2D eigenvalue weighted by molar-refractivity contribution is 0.108. The molecule has 0 saturated carbocycles. The van der Waals surface area contributed by atoms with Gasteiger partial charge in [0.25, 0.3) is 5.89 Å². The Labute approximate surface area is 82.1 Å². The van der Waals surface area contributed by atoms with E-state index in [9.17, 15) is 4.79 Å². The summed E-state index contributed by atoms with van der Waals surface area (Å²) in [5.74, 6) is 0.360. The van der Waals surface area contributed by atoms with Gasteiger partial charge < -0.3 is 4.52 Å². The van der Waals surface area contributed by atoms with Crippen LogP contribution in [-0.2, 0) is 0 Å². The summed E-state index contributed by atoms with van der Waals surface area (Å²) in [6, 6.07) is 3.50. The highest BCUT2D eigenvalue weighted by atomic mass is 35.5. The molecule has 0 spiro atoms.